The van der Waals surface area contributed by atoms with Gasteiger partial charge in [0.1, 0.15) is 32.4 Å². The predicted octanol–water partition coefficient (Wildman–Crippen LogP) is 5.28. The Hall–Kier alpha value is -5.27. The van der Waals surface area contributed by atoms with E-state index in [0.717, 1.165) is 16.1 Å². The molecule has 0 amide bonds. The first-order chi connectivity index (χ1) is 20.0. The van der Waals surface area contributed by atoms with E-state index in [2.05, 4.69) is 70.5 Å². The molecule has 0 unspecified atom stereocenters. The second kappa shape index (κ2) is 14.8. The fraction of sp³-hybridized carbons (Fsp3) is 0. The first kappa shape index (κ1) is 28.7. The van der Waals surface area contributed by atoms with E-state index >= 15 is 0 Å². The fourth-order valence-corrected chi connectivity index (χ4v) is 3.44. The lowest BCUT2D eigenvalue weighted by Gasteiger charge is -1.98. The Labute approximate surface area is 248 Å². The van der Waals surface area contributed by atoms with E-state index in [9.17, 15) is 8.78 Å². The second-order valence-corrected chi connectivity index (χ2v) is 8.88. The van der Waals surface area contributed by atoms with E-state index in [0.29, 0.717) is 28.5 Å². The van der Waals surface area contributed by atoms with Crippen LogP contribution in [-0.2, 0) is 0 Å². The first-order valence-corrected chi connectivity index (χ1v) is 12.9. The van der Waals surface area contributed by atoms with Crippen LogP contribution in [0.5, 0.6) is 0 Å². The highest BCUT2D eigenvalue weighted by molar-refractivity contribution is 14.1. The van der Waals surface area contributed by atoms with Crippen molar-refractivity contribution in [1.82, 2.24) is 39.5 Å². The van der Waals surface area contributed by atoms with Crippen molar-refractivity contribution >= 4 is 22.6 Å². The largest absolute Gasteiger partial charge is 0.259 e. The Morgan fingerprint density at radius 3 is 1.71 bits per heavy atom. The molecule has 41 heavy (non-hydrogen) atoms. The summed E-state index contributed by atoms with van der Waals surface area (Å²) in [7, 11) is 0. The summed E-state index contributed by atoms with van der Waals surface area (Å²) in [6.45, 7) is 0. The maximum Gasteiger partial charge on any atom is 0.143 e. The Balaban J connectivity index is 0.000000158. The zero-order chi connectivity index (χ0) is 28.9. The quantitative estimate of drug-likeness (QED) is 0.187. The molecule has 0 aliphatic rings. The maximum atomic E-state index is 13.1. The predicted molar refractivity (Wildman–Crippen MR) is 158 cm³/mol. The molecule has 6 aromatic heterocycles. The van der Waals surface area contributed by atoms with Gasteiger partial charge >= 0.3 is 0 Å². The number of hydrogen-bond donors (Lipinski definition) is 0. The van der Waals surface area contributed by atoms with E-state index < -0.39 is 5.82 Å². The van der Waals surface area contributed by atoms with Gasteiger partial charge < -0.3 is 0 Å². The summed E-state index contributed by atoms with van der Waals surface area (Å²) in [6, 6.07) is 17.3. The minimum absolute atomic E-state index is 0.358. The van der Waals surface area contributed by atoms with Crippen molar-refractivity contribution in [1.29, 1.82) is 0 Å². The van der Waals surface area contributed by atoms with Crippen LogP contribution in [0, 0.1) is 39.5 Å². The molecule has 8 nitrogen and oxygen atoms in total. The molecule has 0 atom stereocenters. The summed E-state index contributed by atoms with van der Waals surface area (Å²) in [4.78, 5) is 15.5. The summed E-state index contributed by atoms with van der Waals surface area (Å²) in [5.41, 5.74) is 3.13. The number of halogens is 3. The van der Waals surface area contributed by atoms with E-state index in [1.165, 1.54) is 23.0 Å². The third-order valence-corrected chi connectivity index (χ3v) is 5.43. The van der Waals surface area contributed by atoms with Crippen LogP contribution >= 0.6 is 22.6 Å². The topological polar surface area (TPSA) is 87.2 Å². The van der Waals surface area contributed by atoms with Crippen LogP contribution in [0.4, 0.5) is 8.78 Å². The standard InChI is InChI=1S/C15H9FN4.C8H5FIN3.C7H5N/c16-12-9-15(11-17-10-12)20-8-6-14(19-20)5-4-13-3-1-2-7-18-13;9-6-3-7(5-11-4-6)13-2-1-8(10)12-13;1-2-7-5-3-4-6-8-7/h1-3,6-11H;1-5H;1,3-6H. The normalized spacial score (nSPS) is 9.61. The van der Waals surface area contributed by atoms with Crippen molar-refractivity contribution in [3.63, 3.8) is 0 Å². The summed E-state index contributed by atoms with van der Waals surface area (Å²) >= 11 is 2.09. The van der Waals surface area contributed by atoms with Gasteiger partial charge in [0.15, 0.2) is 0 Å². The van der Waals surface area contributed by atoms with Gasteiger partial charge in [-0.05, 0) is 70.8 Å². The first-order valence-electron chi connectivity index (χ1n) is 11.8. The van der Waals surface area contributed by atoms with Gasteiger partial charge in [-0.15, -0.1) is 6.42 Å². The van der Waals surface area contributed by atoms with Gasteiger partial charge in [-0.3, -0.25) is 9.97 Å². The molecule has 11 heteroatoms. The van der Waals surface area contributed by atoms with E-state index in [-0.39, 0.29) is 5.82 Å². The molecule has 0 N–H and O–H groups in total. The summed E-state index contributed by atoms with van der Waals surface area (Å²) < 4.78 is 29.8. The minimum Gasteiger partial charge on any atom is -0.259 e. The maximum absolute atomic E-state index is 13.1. The van der Waals surface area contributed by atoms with Gasteiger partial charge in [0.2, 0.25) is 0 Å². The van der Waals surface area contributed by atoms with Crippen molar-refractivity contribution < 1.29 is 8.78 Å². The van der Waals surface area contributed by atoms with Crippen LogP contribution in [0.15, 0.2) is 110 Å². The monoisotopic (exact) mass is 656 g/mol. The highest BCUT2D eigenvalue weighted by Crippen LogP contribution is 2.09. The van der Waals surface area contributed by atoms with Crippen LogP contribution in [0.25, 0.3) is 11.4 Å². The van der Waals surface area contributed by atoms with Crippen molar-refractivity contribution in [3.8, 4) is 35.6 Å². The Kier molecular flexibility index (Phi) is 10.3. The van der Waals surface area contributed by atoms with Gasteiger partial charge in [-0.25, -0.2) is 28.1 Å². The number of hydrogen-bond acceptors (Lipinski definition) is 6. The molecule has 0 aliphatic carbocycles. The lowest BCUT2D eigenvalue weighted by Crippen LogP contribution is -1.96. The highest BCUT2D eigenvalue weighted by Gasteiger charge is 2.02. The van der Waals surface area contributed by atoms with Crippen molar-refractivity contribution in [3.05, 3.63) is 143 Å². The van der Waals surface area contributed by atoms with Crippen molar-refractivity contribution in [2.75, 3.05) is 0 Å². The molecule has 6 heterocycles. The molecule has 0 saturated carbocycles. The van der Waals surface area contributed by atoms with E-state index in [1.54, 1.807) is 47.8 Å². The van der Waals surface area contributed by atoms with Gasteiger partial charge in [-0.2, -0.15) is 10.2 Å². The molecule has 6 aromatic rings. The van der Waals surface area contributed by atoms with Gasteiger partial charge in [-0.1, -0.05) is 18.1 Å². The van der Waals surface area contributed by atoms with Crippen LogP contribution < -0.4 is 0 Å². The average Bonchev–Trinajstić information content (AvgIpc) is 3.67. The number of rotatable bonds is 2. The molecule has 0 bridgehead atoms. The minimum atomic E-state index is -0.404. The second-order valence-electron chi connectivity index (χ2n) is 7.78. The molecule has 200 valence electrons. The third kappa shape index (κ3) is 9.16. The van der Waals surface area contributed by atoms with E-state index in [1.807, 2.05) is 36.4 Å². The molecular weight excluding hydrogens is 637 g/mol. The molecule has 0 saturated heterocycles. The van der Waals surface area contributed by atoms with Crippen LogP contribution in [0.1, 0.15) is 17.1 Å². The Bertz CT molecular complexity index is 1800. The van der Waals surface area contributed by atoms with Gasteiger partial charge in [0.05, 0.1) is 36.2 Å². The number of pyridine rings is 4. The highest BCUT2D eigenvalue weighted by atomic mass is 127. The van der Waals surface area contributed by atoms with Crippen LogP contribution in [0.3, 0.4) is 0 Å². The molecule has 0 aromatic carbocycles. The molecule has 0 radical (unpaired) electrons. The summed E-state index contributed by atoms with van der Waals surface area (Å²) in [6.07, 6.45) is 17.3. The average molecular weight is 656 g/mol. The fourth-order valence-electron chi connectivity index (χ4n) is 3.04. The number of nitrogens with zero attached hydrogens (tertiary/aromatic N) is 8. The zero-order valence-corrected chi connectivity index (χ0v) is 23.3. The Morgan fingerprint density at radius 1 is 0.659 bits per heavy atom. The number of aromatic nitrogens is 8. The van der Waals surface area contributed by atoms with Gasteiger partial charge in [0.25, 0.3) is 0 Å². The molecule has 6 rings (SSSR count). The SMILES string of the molecule is C#Cc1ccccn1.Fc1cncc(-n2ccc(C#Cc3ccccn3)n2)c1.Fc1cncc(-n2ccc(I)n2)c1. The molecule has 0 aliphatic heterocycles. The smallest absolute Gasteiger partial charge is 0.143 e. The summed E-state index contributed by atoms with van der Waals surface area (Å²) in [5, 5.41) is 8.36. The lowest BCUT2D eigenvalue weighted by molar-refractivity contribution is 0.618. The van der Waals surface area contributed by atoms with Crippen molar-refractivity contribution in [2.45, 2.75) is 0 Å². The lowest BCUT2D eigenvalue weighted by atomic mass is 10.3. The third-order valence-electron chi connectivity index (χ3n) is 4.85. The van der Waals surface area contributed by atoms with E-state index in [4.69, 9.17) is 6.42 Å². The Morgan fingerprint density at radius 2 is 1.22 bits per heavy atom. The van der Waals surface area contributed by atoms with Crippen LogP contribution in [0.2, 0.25) is 0 Å². The van der Waals surface area contributed by atoms with Gasteiger partial charge in [0, 0.05) is 36.9 Å². The number of terminal acetylenes is 1. The molecule has 0 fully saturated rings. The molecular formula is C30H19F2IN8. The van der Waals surface area contributed by atoms with Crippen molar-refractivity contribution in [2.24, 2.45) is 0 Å². The summed E-state index contributed by atoms with van der Waals surface area (Å²) in [5.74, 6) is 7.47. The molecule has 0 spiro atoms. The van der Waals surface area contributed by atoms with Crippen LogP contribution in [-0.4, -0.2) is 39.5 Å². The zero-order valence-electron chi connectivity index (χ0n) is 21.2.